The van der Waals surface area contributed by atoms with E-state index < -0.39 is 10.0 Å². The van der Waals surface area contributed by atoms with E-state index in [0.717, 1.165) is 5.56 Å². The van der Waals surface area contributed by atoms with E-state index in [1.54, 1.807) is 62.9 Å². The van der Waals surface area contributed by atoms with E-state index in [1.807, 2.05) is 12.1 Å². The lowest BCUT2D eigenvalue weighted by atomic mass is 10.2. The smallest absolute Gasteiger partial charge is 0.261 e. The monoisotopic (exact) mass is 441 g/mol. The quantitative estimate of drug-likeness (QED) is 0.385. The van der Waals surface area contributed by atoms with Gasteiger partial charge in [0, 0.05) is 17.3 Å². The van der Waals surface area contributed by atoms with Crippen LogP contribution >= 0.6 is 0 Å². The molecule has 0 saturated carbocycles. The van der Waals surface area contributed by atoms with Crippen LogP contribution in [0.25, 0.3) is 0 Å². The summed E-state index contributed by atoms with van der Waals surface area (Å²) in [6, 6.07) is 18.3. The molecule has 0 radical (unpaired) electrons. The zero-order valence-electron chi connectivity index (χ0n) is 17.3. The molecule has 0 bridgehead atoms. The third kappa shape index (κ3) is 5.67. The van der Waals surface area contributed by atoms with E-state index in [0.29, 0.717) is 28.6 Å². The molecule has 9 heteroatoms. The van der Waals surface area contributed by atoms with Crippen LogP contribution in [-0.2, 0) is 10.0 Å². The van der Waals surface area contributed by atoms with Crippen LogP contribution in [0.15, 0.2) is 76.7 Å². The molecule has 3 aromatic carbocycles. The van der Waals surface area contributed by atoms with Gasteiger partial charge in [0.2, 0.25) is 0 Å². The van der Waals surface area contributed by atoms with Crippen LogP contribution in [0.3, 0.4) is 0 Å². The Kier molecular flexibility index (Phi) is 6.99. The molecule has 0 saturated heterocycles. The maximum atomic E-state index is 12.5. The summed E-state index contributed by atoms with van der Waals surface area (Å²) in [4.78, 5) is 0.147. The minimum atomic E-state index is -3.70. The molecule has 162 valence electrons. The first kappa shape index (κ1) is 22.0. The second-order valence-electron chi connectivity index (χ2n) is 6.34. The highest BCUT2D eigenvalue weighted by Crippen LogP contribution is 2.23. The van der Waals surface area contributed by atoms with Gasteiger partial charge in [-0.1, -0.05) is 0 Å². The zero-order chi connectivity index (χ0) is 22.3. The van der Waals surface area contributed by atoms with Gasteiger partial charge < -0.3 is 14.2 Å². The molecule has 31 heavy (non-hydrogen) atoms. The molecule has 0 spiro atoms. The first-order valence-corrected chi connectivity index (χ1v) is 10.7. The number of rotatable bonds is 9. The molecule has 0 atom stereocenters. The molecule has 0 unspecified atom stereocenters. The van der Waals surface area contributed by atoms with Gasteiger partial charge in [0.1, 0.15) is 17.2 Å². The van der Waals surface area contributed by atoms with Gasteiger partial charge in [0.05, 0.1) is 38.1 Å². The normalized spacial score (nSPS) is 11.2. The maximum Gasteiger partial charge on any atom is 0.261 e. The van der Waals surface area contributed by atoms with Gasteiger partial charge in [0.25, 0.3) is 10.0 Å². The van der Waals surface area contributed by atoms with E-state index in [9.17, 15) is 8.42 Å². The average molecular weight is 442 g/mol. The number of ether oxygens (including phenoxy) is 3. The number of hydrogen-bond donors (Lipinski definition) is 2. The minimum absolute atomic E-state index is 0.147. The van der Waals surface area contributed by atoms with Crippen molar-refractivity contribution in [2.24, 2.45) is 5.10 Å². The summed E-state index contributed by atoms with van der Waals surface area (Å²) in [5.41, 5.74) is 4.80. The van der Waals surface area contributed by atoms with E-state index >= 15 is 0 Å². The largest absolute Gasteiger partial charge is 0.497 e. The second-order valence-corrected chi connectivity index (χ2v) is 8.02. The number of hydrogen-bond acceptors (Lipinski definition) is 7. The topological polar surface area (TPSA) is 98.3 Å². The Labute approximate surface area is 181 Å². The minimum Gasteiger partial charge on any atom is -0.497 e. The van der Waals surface area contributed by atoms with E-state index in [-0.39, 0.29) is 4.90 Å². The van der Waals surface area contributed by atoms with Gasteiger partial charge in [-0.15, -0.1) is 0 Å². The summed E-state index contributed by atoms with van der Waals surface area (Å²) in [5.74, 6) is 1.91. The van der Waals surface area contributed by atoms with Gasteiger partial charge in [-0.2, -0.15) is 5.10 Å². The molecule has 3 rings (SSSR count). The number of sulfonamides is 1. The van der Waals surface area contributed by atoms with Crippen LogP contribution in [0.2, 0.25) is 0 Å². The van der Waals surface area contributed by atoms with Gasteiger partial charge >= 0.3 is 0 Å². The summed E-state index contributed by atoms with van der Waals surface area (Å²) >= 11 is 0. The van der Waals surface area contributed by atoms with Crippen molar-refractivity contribution in [3.63, 3.8) is 0 Å². The van der Waals surface area contributed by atoms with Crippen LogP contribution in [0, 0.1) is 0 Å². The van der Waals surface area contributed by atoms with Gasteiger partial charge in [0.15, 0.2) is 0 Å². The highest BCUT2D eigenvalue weighted by Gasteiger charge is 2.14. The lowest BCUT2D eigenvalue weighted by Gasteiger charge is -2.09. The molecule has 0 fully saturated rings. The van der Waals surface area contributed by atoms with Crippen molar-refractivity contribution in [2.45, 2.75) is 4.90 Å². The highest BCUT2D eigenvalue weighted by molar-refractivity contribution is 7.92. The van der Waals surface area contributed by atoms with E-state index in [1.165, 1.54) is 19.2 Å². The fourth-order valence-corrected chi connectivity index (χ4v) is 3.74. The Morgan fingerprint density at radius 2 is 1.39 bits per heavy atom. The maximum absolute atomic E-state index is 12.5. The molecule has 2 N–H and O–H groups in total. The Balaban J connectivity index is 1.64. The third-order valence-electron chi connectivity index (χ3n) is 4.34. The summed E-state index contributed by atoms with van der Waals surface area (Å²) in [6.45, 7) is 0. The van der Waals surface area contributed by atoms with Crippen LogP contribution in [0.4, 0.5) is 11.4 Å². The van der Waals surface area contributed by atoms with Crippen molar-refractivity contribution in [1.29, 1.82) is 0 Å². The predicted octanol–water partition coefficient (Wildman–Crippen LogP) is 3.96. The Hall–Kier alpha value is -3.72. The fraction of sp³-hybridized carbons (Fsp3) is 0.136. The van der Waals surface area contributed by atoms with Crippen LogP contribution in [-0.4, -0.2) is 36.0 Å². The fourth-order valence-electron chi connectivity index (χ4n) is 2.68. The van der Waals surface area contributed by atoms with Crippen LogP contribution < -0.4 is 24.4 Å². The first-order chi connectivity index (χ1) is 14.9. The van der Waals surface area contributed by atoms with Crippen molar-refractivity contribution in [2.75, 3.05) is 31.5 Å². The van der Waals surface area contributed by atoms with Crippen molar-refractivity contribution < 1.29 is 22.6 Å². The molecular weight excluding hydrogens is 418 g/mol. The Bertz CT molecular complexity index is 1140. The van der Waals surface area contributed by atoms with E-state index in [2.05, 4.69) is 15.2 Å². The second kappa shape index (κ2) is 9.86. The molecular formula is C22H23N3O5S. The average Bonchev–Trinajstić information content (AvgIpc) is 2.80. The van der Waals surface area contributed by atoms with Crippen LogP contribution in [0.5, 0.6) is 17.2 Å². The molecule has 0 aliphatic carbocycles. The predicted molar refractivity (Wildman–Crippen MR) is 121 cm³/mol. The number of nitrogens with one attached hydrogen (secondary N) is 2. The SMILES string of the molecule is COc1ccc(S(=O)(=O)Nc2ccc(N/N=C/c3ccc(OC)cc3OC)cc2)cc1. The standard InChI is InChI=1S/C22H23N3O5S/c1-28-19-10-12-21(13-11-19)31(26,27)25-18-7-5-17(6-8-18)24-23-15-16-4-9-20(29-2)14-22(16)30-3/h4-15,24-25H,1-3H3/b23-15+. The van der Waals surface area contributed by atoms with Crippen molar-refractivity contribution in [1.82, 2.24) is 0 Å². The van der Waals surface area contributed by atoms with Crippen molar-refractivity contribution >= 4 is 27.6 Å². The molecule has 8 nitrogen and oxygen atoms in total. The lowest BCUT2D eigenvalue weighted by molar-refractivity contribution is 0.394. The summed E-state index contributed by atoms with van der Waals surface area (Å²) in [7, 11) is 0.988. The highest BCUT2D eigenvalue weighted by atomic mass is 32.2. The molecule has 0 heterocycles. The van der Waals surface area contributed by atoms with E-state index in [4.69, 9.17) is 14.2 Å². The van der Waals surface area contributed by atoms with Crippen molar-refractivity contribution in [3.05, 3.63) is 72.3 Å². The number of hydrazone groups is 1. The number of nitrogens with zero attached hydrogens (tertiary/aromatic N) is 1. The first-order valence-electron chi connectivity index (χ1n) is 9.23. The number of methoxy groups -OCH3 is 3. The van der Waals surface area contributed by atoms with Crippen LogP contribution in [0.1, 0.15) is 5.56 Å². The summed E-state index contributed by atoms with van der Waals surface area (Å²) in [5, 5.41) is 4.20. The number of anilines is 2. The Morgan fingerprint density at radius 1 is 0.774 bits per heavy atom. The molecule has 3 aromatic rings. The number of benzene rings is 3. The van der Waals surface area contributed by atoms with Gasteiger partial charge in [-0.25, -0.2) is 8.42 Å². The third-order valence-corrected chi connectivity index (χ3v) is 5.74. The van der Waals surface area contributed by atoms with Crippen molar-refractivity contribution in [3.8, 4) is 17.2 Å². The zero-order valence-corrected chi connectivity index (χ0v) is 18.1. The molecule has 0 amide bonds. The molecule has 0 aliphatic heterocycles. The summed E-state index contributed by atoms with van der Waals surface area (Å²) in [6.07, 6.45) is 1.62. The Morgan fingerprint density at radius 3 is 2.00 bits per heavy atom. The van der Waals surface area contributed by atoms with Gasteiger partial charge in [-0.05, 0) is 60.7 Å². The summed E-state index contributed by atoms with van der Waals surface area (Å²) < 4.78 is 43.1. The molecule has 0 aliphatic rings. The molecule has 0 aromatic heterocycles. The van der Waals surface area contributed by atoms with Gasteiger partial charge in [-0.3, -0.25) is 10.1 Å². The lowest BCUT2D eigenvalue weighted by Crippen LogP contribution is -2.12.